The van der Waals surface area contributed by atoms with E-state index < -0.39 is 0 Å². The lowest BCUT2D eigenvalue weighted by Crippen LogP contribution is -2.13. The van der Waals surface area contributed by atoms with Crippen molar-refractivity contribution in [2.24, 2.45) is 0 Å². The minimum atomic E-state index is -0.378. The second-order valence-electron chi connectivity index (χ2n) is 6.92. The summed E-state index contributed by atoms with van der Waals surface area (Å²) in [6.07, 6.45) is 3.26. The van der Waals surface area contributed by atoms with Gasteiger partial charge < -0.3 is 14.8 Å². The maximum atomic E-state index is 12.0. The lowest BCUT2D eigenvalue weighted by Gasteiger charge is -2.07. The summed E-state index contributed by atoms with van der Waals surface area (Å²) in [6.45, 7) is 2.69. The van der Waals surface area contributed by atoms with E-state index in [1.165, 1.54) is 5.56 Å². The summed E-state index contributed by atoms with van der Waals surface area (Å²) in [5, 5.41) is 2.75. The fourth-order valence-electron chi connectivity index (χ4n) is 2.76. The highest BCUT2D eigenvalue weighted by atomic mass is 16.5. The molecule has 1 N–H and O–H groups in total. The third-order valence-electron chi connectivity index (χ3n) is 4.34. The van der Waals surface area contributed by atoms with Gasteiger partial charge in [-0.05, 0) is 55.5 Å². The van der Waals surface area contributed by atoms with Gasteiger partial charge in [-0.25, -0.2) is 4.79 Å². The molecule has 0 aromatic heterocycles. The van der Waals surface area contributed by atoms with Crippen molar-refractivity contribution in [2.45, 2.75) is 45.4 Å². The van der Waals surface area contributed by atoms with Crippen LogP contribution in [0.5, 0.6) is 0 Å². The molecule has 0 bridgehead atoms. The summed E-state index contributed by atoms with van der Waals surface area (Å²) in [4.78, 5) is 35.5. The van der Waals surface area contributed by atoms with Crippen LogP contribution in [-0.2, 0) is 25.5 Å². The molecule has 0 unspecified atom stereocenters. The fourth-order valence-corrected chi connectivity index (χ4v) is 2.76. The average molecular weight is 411 g/mol. The number of carbonyl (C=O) groups is 3. The highest BCUT2D eigenvalue weighted by Gasteiger charge is 2.09. The zero-order valence-electron chi connectivity index (χ0n) is 17.4. The van der Waals surface area contributed by atoms with Gasteiger partial charge in [0.05, 0.1) is 18.8 Å². The molecule has 30 heavy (non-hydrogen) atoms. The smallest absolute Gasteiger partial charge is 0.338 e. The quantitative estimate of drug-likeness (QED) is 0.410. The topological polar surface area (TPSA) is 81.7 Å². The van der Waals surface area contributed by atoms with Crippen LogP contribution in [0.3, 0.4) is 0 Å². The highest BCUT2D eigenvalue weighted by Crippen LogP contribution is 2.12. The first-order valence-corrected chi connectivity index (χ1v) is 10.3. The Bertz CT molecular complexity index is 802. The molecular weight excluding hydrogens is 382 g/mol. The van der Waals surface area contributed by atoms with Gasteiger partial charge in [-0.15, -0.1) is 0 Å². The Hall–Kier alpha value is -3.15. The van der Waals surface area contributed by atoms with E-state index in [0.29, 0.717) is 30.9 Å². The molecule has 6 nitrogen and oxygen atoms in total. The van der Waals surface area contributed by atoms with Crippen molar-refractivity contribution in [1.82, 2.24) is 0 Å². The number of nitrogens with one attached hydrogen (secondary N) is 1. The molecule has 0 aliphatic heterocycles. The molecule has 1 amide bonds. The minimum Gasteiger partial charge on any atom is -0.466 e. The van der Waals surface area contributed by atoms with Crippen molar-refractivity contribution in [3.05, 3.63) is 65.7 Å². The summed E-state index contributed by atoms with van der Waals surface area (Å²) in [5.41, 5.74) is 2.25. The zero-order chi connectivity index (χ0) is 21.6. The Morgan fingerprint density at radius 1 is 0.833 bits per heavy atom. The van der Waals surface area contributed by atoms with Gasteiger partial charge in [0.15, 0.2) is 0 Å². The first-order chi connectivity index (χ1) is 14.6. The number of carbonyl (C=O) groups excluding carboxylic acids is 3. The van der Waals surface area contributed by atoms with Crippen LogP contribution in [0, 0.1) is 0 Å². The molecule has 0 heterocycles. The molecule has 0 radical (unpaired) electrons. The van der Waals surface area contributed by atoms with Crippen LogP contribution in [0.25, 0.3) is 0 Å². The number of hydrogen-bond acceptors (Lipinski definition) is 5. The minimum absolute atomic E-state index is 0.187. The molecule has 2 aromatic carbocycles. The third kappa shape index (κ3) is 8.90. The zero-order valence-corrected chi connectivity index (χ0v) is 17.4. The third-order valence-corrected chi connectivity index (χ3v) is 4.34. The van der Waals surface area contributed by atoms with Crippen molar-refractivity contribution < 1.29 is 23.9 Å². The normalized spacial score (nSPS) is 10.3. The molecule has 6 heteroatoms. The number of amides is 1. The Morgan fingerprint density at radius 2 is 1.57 bits per heavy atom. The summed E-state index contributed by atoms with van der Waals surface area (Å²) in [6, 6.07) is 16.6. The number of benzene rings is 2. The fraction of sp³-hybridized carbons (Fsp3) is 0.375. The van der Waals surface area contributed by atoms with Crippen LogP contribution in [0.4, 0.5) is 5.69 Å². The van der Waals surface area contributed by atoms with Crippen molar-refractivity contribution in [2.75, 3.05) is 18.5 Å². The Balaban J connectivity index is 1.59. The van der Waals surface area contributed by atoms with E-state index in [0.717, 1.165) is 19.3 Å². The van der Waals surface area contributed by atoms with Crippen LogP contribution in [-0.4, -0.2) is 31.1 Å². The van der Waals surface area contributed by atoms with Crippen molar-refractivity contribution >= 4 is 23.5 Å². The standard InChI is InChI=1S/C24H29NO5/c1-2-17-30-24(28)20-13-15-21(16-14-20)25-22(26)11-6-12-23(27)29-18-7-10-19-8-4-3-5-9-19/h3-5,8-9,13-16H,2,6-7,10-12,17-18H2,1H3,(H,25,26). The molecule has 0 aliphatic carbocycles. The maximum Gasteiger partial charge on any atom is 0.338 e. The molecule has 0 fully saturated rings. The van der Waals surface area contributed by atoms with Crippen LogP contribution < -0.4 is 5.32 Å². The van der Waals surface area contributed by atoms with Gasteiger partial charge in [0.1, 0.15) is 0 Å². The molecule has 0 saturated carbocycles. The predicted molar refractivity (Wildman–Crippen MR) is 115 cm³/mol. The lowest BCUT2D eigenvalue weighted by molar-refractivity contribution is -0.143. The SMILES string of the molecule is CCCOC(=O)c1ccc(NC(=O)CCCC(=O)OCCCc2ccccc2)cc1. The second-order valence-corrected chi connectivity index (χ2v) is 6.92. The van der Waals surface area contributed by atoms with Gasteiger partial charge in [0.2, 0.25) is 5.91 Å². The van der Waals surface area contributed by atoms with E-state index >= 15 is 0 Å². The Morgan fingerprint density at radius 3 is 2.27 bits per heavy atom. The van der Waals surface area contributed by atoms with E-state index in [-0.39, 0.29) is 30.7 Å². The number of hydrogen-bond donors (Lipinski definition) is 1. The van der Waals surface area contributed by atoms with E-state index in [1.807, 2.05) is 37.3 Å². The van der Waals surface area contributed by atoms with Gasteiger partial charge in [-0.2, -0.15) is 0 Å². The lowest BCUT2D eigenvalue weighted by atomic mass is 10.1. The van der Waals surface area contributed by atoms with Gasteiger partial charge in [0, 0.05) is 18.5 Å². The summed E-state index contributed by atoms with van der Waals surface area (Å²) in [7, 11) is 0. The molecule has 0 aliphatic rings. The van der Waals surface area contributed by atoms with E-state index in [1.54, 1.807) is 24.3 Å². The number of anilines is 1. The first kappa shape index (κ1) is 23.1. The molecule has 0 atom stereocenters. The number of aryl methyl sites for hydroxylation is 1. The van der Waals surface area contributed by atoms with Crippen LogP contribution in [0.15, 0.2) is 54.6 Å². The number of ether oxygens (including phenoxy) is 2. The van der Waals surface area contributed by atoms with Gasteiger partial charge in [-0.1, -0.05) is 37.3 Å². The first-order valence-electron chi connectivity index (χ1n) is 10.3. The summed E-state index contributed by atoms with van der Waals surface area (Å²) in [5.74, 6) is -0.851. The molecule has 160 valence electrons. The largest absolute Gasteiger partial charge is 0.466 e. The van der Waals surface area contributed by atoms with Crippen LogP contribution in [0.1, 0.15) is 54.9 Å². The molecular formula is C24H29NO5. The molecule has 2 rings (SSSR count). The van der Waals surface area contributed by atoms with Crippen molar-refractivity contribution in [3.8, 4) is 0 Å². The van der Waals surface area contributed by atoms with E-state index in [2.05, 4.69) is 5.32 Å². The van der Waals surface area contributed by atoms with Crippen LogP contribution >= 0.6 is 0 Å². The van der Waals surface area contributed by atoms with Crippen LogP contribution in [0.2, 0.25) is 0 Å². The average Bonchev–Trinajstić information content (AvgIpc) is 2.76. The maximum absolute atomic E-state index is 12.0. The molecule has 0 spiro atoms. The van der Waals surface area contributed by atoms with Crippen molar-refractivity contribution in [1.29, 1.82) is 0 Å². The number of esters is 2. The second kappa shape index (κ2) is 13.1. The monoisotopic (exact) mass is 411 g/mol. The molecule has 0 saturated heterocycles. The van der Waals surface area contributed by atoms with Gasteiger partial charge >= 0.3 is 11.9 Å². The number of rotatable bonds is 12. The highest BCUT2D eigenvalue weighted by molar-refractivity contribution is 5.93. The van der Waals surface area contributed by atoms with E-state index in [9.17, 15) is 14.4 Å². The summed E-state index contributed by atoms with van der Waals surface area (Å²) >= 11 is 0. The Labute approximate surface area is 177 Å². The van der Waals surface area contributed by atoms with Gasteiger partial charge in [0.25, 0.3) is 0 Å². The van der Waals surface area contributed by atoms with Gasteiger partial charge in [-0.3, -0.25) is 9.59 Å². The van der Waals surface area contributed by atoms with E-state index in [4.69, 9.17) is 9.47 Å². The summed E-state index contributed by atoms with van der Waals surface area (Å²) < 4.78 is 10.3. The predicted octanol–water partition coefficient (Wildman–Crippen LogP) is 4.54. The Kier molecular flexibility index (Phi) is 10.1. The molecule has 2 aromatic rings. The van der Waals surface area contributed by atoms with Crippen molar-refractivity contribution in [3.63, 3.8) is 0 Å².